The maximum Gasteiger partial charge on any atom is 0.233 e. The Hall–Kier alpha value is -1.45. The largest absolute Gasteiger partial charge is 0.355 e. The van der Waals surface area contributed by atoms with Crippen LogP contribution >= 0.6 is 23.4 Å². The van der Waals surface area contributed by atoms with Crippen LogP contribution in [0.25, 0.3) is 0 Å². The number of benzene rings is 2. The maximum absolute atomic E-state index is 12.4. The van der Waals surface area contributed by atoms with Crippen LogP contribution in [-0.2, 0) is 11.2 Å². The molecule has 0 aromatic heterocycles. The minimum Gasteiger partial charge on any atom is -0.355 e. The Morgan fingerprint density at radius 2 is 1.72 bits per heavy atom. The Kier molecular flexibility index (Phi) is 7.86. The predicted molar refractivity (Wildman–Crippen MR) is 109 cm³/mol. The Labute approximate surface area is 160 Å². The molecule has 0 aliphatic heterocycles. The van der Waals surface area contributed by atoms with Gasteiger partial charge in [-0.05, 0) is 54.2 Å². The van der Waals surface area contributed by atoms with Crippen molar-refractivity contribution in [2.45, 2.75) is 49.7 Å². The summed E-state index contributed by atoms with van der Waals surface area (Å²) in [5.74, 6) is 0.644. The van der Waals surface area contributed by atoms with Crippen molar-refractivity contribution in [3.05, 3.63) is 64.7 Å². The molecule has 1 N–H and O–H groups in total. The van der Waals surface area contributed by atoms with E-state index in [1.54, 1.807) is 11.8 Å². The normalized spacial score (nSPS) is 12.2. The van der Waals surface area contributed by atoms with Crippen LogP contribution in [-0.4, -0.2) is 17.7 Å². The van der Waals surface area contributed by atoms with Crippen LogP contribution in [0.15, 0.2) is 53.4 Å². The second-order valence-electron chi connectivity index (χ2n) is 6.41. The number of carbonyl (C=O) groups excluding carboxylic acids is 1. The topological polar surface area (TPSA) is 29.1 Å². The molecule has 0 heterocycles. The van der Waals surface area contributed by atoms with Crippen LogP contribution < -0.4 is 5.32 Å². The molecule has 0 bridgehead atoms. The second-order valence-corrected chi connectivity index (χ2v) is 8.12. The van der Waals surface area contributed by atoms with Gasteiger partial charge in [0.15, 0.2) is 0 Å². The second kappa shape index (κ2) is 9.88. The molecule has 2 aromatic rings. The first-order valence-corrected chi connectivity index (χ1v) is 10.0. The third-order valence-electron chi connectivity index (χ3n) is 4.11. The first kappa shape index (κ1) is 19.9. The Balaban J connectivity index is 1.82. The number of carbonyl (C=O) groups is 1. The van der Waals surface area contributed by atoms with Gasteiger partial charge in [-0.1, -0.05) is 56.6 Å². The molecule has 1 amide bonds. The molecule has 0 saturated heterocycles. The van der Waals surface area contributed by atoms with Gasteiger partial charge in [0.05, 0.1) is 5.25 Å². The standard InChI is InChI=1S/C21H26ClNOS/c1-4-20(25-19-11-9-18(22)10-12-19)21(24)23-14-13-16-5-7-17(8-6-16)15(2)3/h5-12,15,20H,4,13-14H2,1-3H3,(H,23,24). The first-order valence-electron chi connectivity index (χ1n) is 8.78. The molecule has 0 spiro atoms. The van der Waals surface area contributed by atoms with Crippen LogP contribution in [0.1, 0.15) is 44.2 Å². The number of thioether (sulfide) groups is 1. The van der Waals surface area contributed by atoms with E-state index in [0.717, 1.165) is 17.7 Å². The molecule has 25 heavy (non-hydrogen) atoms. The summed E-state index contributed by atoms with van der Waals surface area (Å²) < 4.78 is 0. The molecule has 1 atom stereocenters. The van der Waals surface area contributed by atoms with Gasteiger partial charge in [-0.3, -0.25) is 4.79 Å². The van der Waals surface area contributed by atoms with Gasteiger partial charge in [0.2, 0.25) is 5.91 Å². The van der Waals surface area contributed by atoms with Crippen LogP contribution in [0, 0.1) is 0 Å². The zero-order valence-corrected chi connectivity index (χ0v) is 16.7. The summed E-state index contributed by atoms with van der Waals surface area (Å²) in [4.78, 5) is 13.5. The smallest absolute Gasteiger partial charge is 0.233 e. The number of halogens is 1. The van der Waals surface area contributed by atoms with E-state index in [1.165, 1.54) is 11.1 Å². The molecule has 2 nitrogen and oxygen atoms in total. The molecule has 2 rings (SSSR count). The highest BCUT2D eigenvalue weighted by molar-refractivity contribution is 8.00. The lowest BCUT2D eigenvalue weighted by Gasteiger charge is -2.15. The van der Waals surface area contributed by atoms with Gasteiger partial charge in [-0.25, -0.2) is 0 Å². The van der Waals surface area contributed by atoms with Crippen LogP contribution in [0.2, 0.25) is 5.02 Å². The zero-order valence-electron chi connectivity index (χ0n) is 15.1. The lowest BCUT2D eigenvalue weighted by molar-refractivity contribution is -0.120. The Morgan fingerprint density at radius 1 is 1.08 bits per heavy atom. The number of rotatable bonds is 8. The Bertz CT molecular complexity index is 667. The highest BCUT2D eigenvalue weighted by Gasteiger charge is 2.17. The molecule has 0 saturated carbocycles. The molecule has 2 aromatic carbocycles. The van der Waals surface area contributed by atoms with Gasteiger partial charge in [0, 0.05) is 16.5 Å². The minimum atomic E-state index is -0.0792. The van der Waals surface area contributed by atoms with E-state index in [1.807, 2.05) is 31.2 Å². The predicted octanol–water partition coefficient (Wildman–Crippen LogP) is 5.69. The third-order valence-corrected chi connectivity index (χ3v) is 5.74. The van der Waals surface area contributed by atoms with Gasteiger partial charge in [0.1, 0.15) is 0 Å². The molecule has 0 aliphatic carbocycles. The van der Waals surface area contributed by atoms with Crippen molar-refractivity contribution < 1.29 is 4.79 Å². The van der Waals surface area contributed by atoms with E-state index < -0.39 is 0 Å². The van der Waals surface area contributed by atoms with Crippen LogP contribution in [0.5, 0.6) is 0 Å². The van der Waals surface area contributed by atoms with Crippen molar-refractivity contribution in [3.8, 4) is 0 Å². The summed E-state index contributed by atoms with van der Waals surface area (Å²) in [5.41, 5.74) is 2.60. The monoisotopic (exact) mass is 375 g/mol. The van der Waals surface area contributed by atoms with Crippen molar-refractivity contribution in [3.63, 3.8) is 0 Å². The molecule has 0 aliphatic rings. The maximum atomic E-state index is 12.4. The van der Waals surface area contributed by atoms with E-state index in [9.17, 15) is 4.79 Å². The van der Waals surface area contributed by atoms with Crippen molar-refractivity contribution in [2.75, 3.05) is 6.54 Å². The first-order chi connectivity index (χ1) is 12.0. The summed E-state index contributed by atoms with van der Waals surface area (Å²) >= 11 is 7.50. The number of hydrogen-bond acceptors (Lipinski definition) is 2. The summed E-state index contributed by atoms with van der Waals surface area (Å²) in [6.45, 7) is 7.09. The van der Waals surface area contributed by atoms with E-state index in [0.29, 0.717) is 17.5 Å². The fourth-order valence-electron chi connectivity index (χ4n) is 2.51. The van der Waals surface area contributed by atoms with Crippen molar-refractivity contribution in [2.24, 2.45) is 0 Å². The third kappa shape index (κ3) is 6.41. The Morgan fingerprint density at radius 3 is 2.28 bits per heavy atom. The van der Waals surface area contributed by atoms with Crippen molar-refractivity contribution in [1.82, 2.24) is 5.32 Å². The van der Waals surface area contributed by atoms with Crippen molar-refractivity contribution >= 4 is 29.3 Å². The zero-order chi connectivity index (χ0) is 18.2. The van der Waals surface area contributed by atoms with Gasteiger partial charge >= 0.3 is 0 Å². The summed E-state index contributed by atoms with van der Waals surface area (Å²) in [6, 6.07) is 16.3. The van der Waals surface area contributed by atoms with E-state index in [2.05, 4.69) is 43.4 Å². The summed E-state index contributed by atoms with van der Waals surface area (Å²) in [5, 5.41) is 3.70. The summed E-state index contributed by atoms with van der Waals surface area (Å²) in [6.07, 6.45) is 1.65. The van der Waals surface area contributed by atoms with Gasteiger partial charge < -0.3 is 5.32 Å². The number of nitrogens with one attached hydrogen (secondary N) is 1. The number of hydrogen-bond donors (Lipinski definition) is 1. The molecule has 0 fully saturated rings. The molecule has 4 heteroatoms. The molecular weight excluding hydrogens is 350 g/mol. The molecule has 134 valence electrons. The quantitative estimate of drug-likeness (QED) is 0.600. The molecular formula is C21H26ClNOS. The summed E-state index contributed by atoms with van der Waals surface area (Å²) in [7, 11) is 0. The lowest BCUT2D eigenvalue weighted by atomic mass is 10.0. The molecule has 0 radical (unpaired) electrons. The fourth-order valence-corrected chi connectivity index (χ4v) is 3.62. The average Bonchev–Trinajstić information content (AvgIpc) is 2.61. The van der Waals surface area contributed by atoms with E-state index in [-0.39, 0.29) is 11.2 Å². The highest BCUT2D eigenvalue weighted by Crippen LogP contribution is 2.26. The van der Waals surface area contributed by atoms with E-state index in [4.69, 9.17) is 11.6 Å². The van der Waals surface area contributed by atoms with Crippen LogP contribution in [0.4, 0.5) is 0 Å². The van der Waals surface area contributed by atoms with Gasteiger partial charge in [0.25, 0.3) is 0 Å². The highest BCUT2D eigenvalue weighted by atomic mass is 35.5. The molecule has 1 unspecified atom stereocenters. The average molecular weight is 376 g/mol. The van der Waals surface area contributed by atoms with Crippen molar-refractivity contribution in [1.29, 1.82) is 0 Å². The van der Waals surface area contributed by atoms with Gasteiger partial charge in [-0.15, -0.1) is 11.8 Å². The minimum absolute atomic E-state index is 0.0792. The van der Waals surface area contributed by atoms with Crippen LogP contribution in [0.3, 0.4) is 0 Å². The SMILES string of the molecule is CCC(Sc1ccc(Cl)cc1)C(=O)NCCc1ccc(C(C)C)cc1. The number of amides is 1. The van der Waals surface area contributed by atoms with Gasteiger partial charge in [-0.2, -0.15) is 0 Å². The van der Waals surface area contributed by atoms with E-state index >= 15 is 0 Å². The fraction of sp³-hybridized carbons (Fsp3) is 0.381. The lowest BCUT2D eigenvalue weighted by Crippen LogP contribution is -2.33.